The number of urea groups is 1. The van der Waals surface area contributed by atoms with E-state index in [0.717, 1.165) is 27.4 Å². The highest BCUT2D eigenvalue weighted by Crippen LogP contribution is 2.16. The molecule has 0 aliphatic carbocycles. The van der Waals surface area contributed by atoms with Crippen LogP contribution in [0.3, 0.4) is 0 Å². The summed E-state index contributed by atoms with van der Waals surface area (Å²) >= 11 is 0. The predicted octanol–water partition coefficient (Wildman–Crippen LogP) is 3.73. The number of nitrogens with zero attached hydrogens (tertiary/aromatic N) is 2. The molecule has 2 amide bonds. The zero-order valence-electron chi connectivity index (χ0n) is 14.0. The van der Waals surface area contributed by atoms with Gasteiger partial charge in [0.25, 0.3) is 0 Å². The van der Waals surface area contributed by atoms with Crippen LogP contribution in [0.4, 0.5) is 10.5 Å². The average Bonchev–Trinajstić information content (AvgIpc) is 2.91. The van der Waals surface area contributed by atoms with Crippen molar-refractivity contribution in [1.82, 2.24) is 4.90 Å². The summed E-state index contributed by atoms with van der Waals surface area (Å²) in [6.45, 7) is 0. The van der Waals surface area contributed by atoms with Crippen LogP contribution in [-0.4, -0.2) is 10.9 Å². The van der Waals surface area contributed by atoms with Crippen molar-refractivity contribution in [3.63, 3.8) is 0 Å². The first-order valence-corrected chi connectivity index (χ1v) is 8.36. The minimum atomic E-state index is -0.236. The van der Waals surface area contributed by atoms with Crippen LogP contribution in [0.25, 0.3) is 17.3 Å². The molecule has 126 valence electrons. The summed E-state index contributed by atoms with van der Waals surface area (Å²) in [6, 6.07) is 25.3. The van der Waals surface area contributed by atoms with Crippen LogP contribution in [0.2, 0.25) is 0 Å². The lowest BCUT2D eigenvalue weighted by Gasteiger charge is -2.14. The molecule has 0 saturated carbocycles. The smallest absolute Gasteiger partial charge is 0.307 e. The molecule has 0 bridgehead atoms. The van der Waals surface area contributed by atoms with Gasteiger partial charge in [0.15, 0.2) is 0 Å². The molecule has 4 rings (SSSR count). The van der Waals surface area contributed by atoms with Gasteiger partial charge in [0.2, 0.25) is 0 Å². The summed E-state index contributed by atoms with van der Waals surface area (Å²) < 4.78 is 0. The van der Waals surface area contributed by atoms with Gasteiger partial charge in [-0.15, -0.1) is 0 Å². The molecule has 1 aliphatic rings. The second kappa shape index (κ2) is 7.07. The Bertz CT molecular complexity index is 1070. The van der Waals surface area contributed by atoms with E-state index in [1.165, 1.54) is 4.90 Å². The SMILES string of the molecule is O=C(Nc1ccccc1)N1C=CN=c2ccc(-c3ccccc3)cc2=C1. The van der Waals surface area contributed by atoms with E-state index in [4.69, 9.17) is 0 Å². The van der Waals surface area contributed by atoms with Crippen LogP contribution in [0.15, 0.2) is 96.3 Å². The maximum absolute atomic E-state index is 12.6. The number of nitrogens with one attached hydrogen (secondary N) is 1. The lowest BCUT2D eigenvalue weighted by atomic mass is 10.0. The minimum absolute atomic E-state index is 0.236. The Morgan fingerprint density at radius 1 is 0.846 bits per heavy atom. The van der Waals surface area contributed by atoms with Gasteiger partial charge in [0.05, 0.1) is 5.36 Å². The first-order chi connectivity index (χ1) is 12.8. The highest BCUT2D eigenvalue weighted by Gasteiger charge is 2.10. The third-order valence-corrected chi connectivity index (χ3v) is 4.11. The van der Waals surface area contributed by atoms with E-state index in [1.54, 1.807) is 18.6 Å². The molecule has 1 N–H and O–H groups in total. The summed E-state index contributed by atoms with van der Waals surface area (Å²) in [5, 5.41) is 4.60. The van der Waals surface area contributed by atoms with Crippen molar-refractivity contribution in [3.05, 3.63) is 102 Å². The molecule has 0 atom stereocenters. The topological polar surface area (TPSA) is 44.7 Å². The van der Waals surface area contributed by atoms with Gasteiger partial charge < -0.3 is 5.32 Å². The molecule has 4 nitrogen and oxygen atoms in total. The van der Waals surface area contributed by atoms with Crippen molar-refractivity contribution in [1.29, 1.82) is 0 Å². The van der Waals surface area contributed by atoms with Gasteiger partial charge in [-0.3, -0.25) is 9.89 Å². The number of hydrogen-bond acceptors (Lipinski definition) is 2. The molecule has 0 saturated heterocycles. The normalized spacial score (nSPS) is 12.4. The molecule has 4 heteroatoms. The number of para-hydroxylation sites is 1. The molecule has 0 aromatic heterocycles. The highest BCUT2D eigenvalue weighted by atomic mass is 16.2. The fourth-order valence-corrected chi connectivity index (χ4v) is 2.80. The van der Waals surface area contributed by atoms with Gasteiger partial charge in [0, 0.05) is 29.5 Å². The van der Waals surface area contributed by atoms with Crippen LogP contribution in [0.5, 0.6) is 0 Å². The van der Waals surface area contributed by atoms with E-state index in [0.29, 0.717) is 0 Å². The summed E-state index contributed by atoms with van der Waals surface area (Å²) in [6.07, 6.45) is 5.09. The van der Waals surface area contributed by atoms with Crippen molar-refractivity contribution < 1.29 is 4.79 Å². The third kappa shape index (κ3) is 3.39. The first kappa shape index (κ1) is 15.8. The molecule has 1 heterocycles. The minimum Gasteiger partial charge on any atom is -0.307 e. The monoisotopic (exact) mass is 339 g/mol. The van der Waals surface area contributed by atoms with Gasteiger partial charge in [0.1, 0.15) is 0 Å². The standard InChI is InChI=1S/C22H17N3O/c26-22(24-20-9-5-2-6-10-20)25-14-13-23-21-12-11-18(15-19(21)16-25)17-7-3-1-4-8-17/h1-16H,(H,24,26). The maximum atomic E-state index is 12.6. The fourth-order valence-electron chi connectivity index (χ4n) is 2.80. The molecule has 1 aliphatic heterocycles. The van der Waals surface area contributed by atoms with Crippen LogP contribution in [0.1, 0.15) is 0 Å². The first-order valence-electron chi connectivity index (χ1n) is 8.36. The Hall–Kier alpha value is -3.66. The Kier molecular flexibility index (Phi) is 4.31. The molecule has 3 aromatic carbocycles. The van der Waals surface area contributed by atoms with Crippen LogP contribution in [-0.2, 0) is 0 Å². The van der Waals surface area contributed by atoms with E-state index < -0.39 is 0 Å². The van der Waals surface area contributed by atoms with Crippen LogP contribution < -0.4 is 15.9 Å². The quantitative estimate of drug-likeness (QED) is 0.760. The van der Waals surface area contributed by atoms with E-state index in [2.05, 4.69) is 22.4 Å². The summed E-state index contributed by atoms with van der Waals surface area (Å²) in [7, 11) is 0. The number of benzene rings is 3. The van der Waals surface area contributed by atoms with Crippen LogP contribution >= 0.6 is 0 Å². The number of fused-ring (bicyclic) bond motifs is 1. The third-order valence-electron chi connectivity index (χ3n) is 4.11. The molecule has 3 aromatic rings. The second-order valence-corrected chi connectivity index (χ2v) is 5.90. The molecule has 0 radical (unpaired) electrons. The van der Waals surface area contributed by atoms with Crippen molar-refractivity contribution in [2.24, 2.45) is 4.99 Å². The number of carbonyl (C=O) groups is 1. The maximum Gasteiger partial charge on any atom is 0.330 e. The summed E-state index contributed by atoms with van der Waals surface area (Å²) in [4.78, 5) is 18.5. The van der Waals surface area contributed by atoms with E-state index in [9.17, 15) is 4.79 Å². The summed E-state index contributed by atoms with van der Waals surface area (Å²) in [5.41, 5.74) is 2.96. The highest BCUT2D eigenvalue weighted by molar-refractivity contribution is 5.92. The molecule has 26 heavy (non-hydrogen) atoms. The molecule has 0 spiro atoms. The Morgan fingerprint density at radius 2 is 1.58 bits per heavy atom. The van der Waals surface area contributed by atoms with Gasteiger partial charge >= 0.3 is 6.03 Å². The number of anilines is 1. The summed E-state index contributed by atoms with van der Waals surface area (Å²) in [5.74, 6) is 0. The lowest BCUT2D eigenvalue weighted by Crippen LogP contribution is -2.31. The number of rotatable bonds is 2. The van der Waals surface area contributed by atoms with E-state index in [1.807, 2.05) is 66.7 Å². The Morgan fingerprint density at radius 3 is 2.35 bits per heavy atom. The van der Waals surface area contributed by atoms with E-state index in [-0.39, 0.29) is 6.03 Å². The molecule has 0 fully saturated rings. The van der Waals surface area contributed by atoms with Crippen molar-refractivity contribution in [2.75, 3.05) is 5.32 Å². The average molecular weight is 339 g/mol. The number of amides is 2. The second-order valence-electron chi connectivity index (χ2n) is 5.90. The number of hydrogen-bond donors (Lipinski definition) is 1. The number of carbonyl (C=O) groups excluding carboxylic acids is 1. The fraction of sp³-hybridized carbons (Fsp3) is 0. The molecular weight excluding hydrogens is 322 g/mol. The predicted molar refractivity (Wildman–Crippen MR) is 104 cm³/mol. The Labute approximate surface area is 151 Å². The van der Waals surface area contributed by atoms with E-state index >= 15 is 0 Å². The van der Waals surface area contributed by atoms with Gasteiger partial charge in [-0.2, -0.15) is 0 Å². The van der Waals surface area contributed by atoms with Gasteiger partial charge in [-0.25, -0.2) is 4.79 Å². The van der Waals surface area contributed by atoms with Crippen LogP contribution in [0, 0.1) is 0 Å². The van der Waals surface area contributed by atoms with Crippen molar-refractivity contribution in [2.45, 2.75) is 0 Å². The van der Waals surface area contributed by atoms with Gasteiger partial charge in [-0.05, 0) is 35.4 Å². The zero-order chi connectivity index (χ0) is 17.8. The van der Waals surface area contributed by atoms with Gasteiger partial charge in [-0.1, -0.05) is 54.6 Å². The largest absolute Gasteiger partial charge is 0.330 e. The zero-order valence-corrected chi connectivity index (χ0v) is 14.0. The lowest BCUT2D eigenvalue weighted by molar-refractivity contribution is 0.241. The van der Waals surface area contributed by atoms with Crippen molar-refractivity contribution >= 4 is 17.9 Å². The Balaban J connectivity index is 1.68. The molecule has 0 unspecified atom stereocenters. The van der Waals surface area contributed by atoms with Crippen molar-refractivity contribution in [3.8, 4) is 11.1 Å². The molecular formula is C22H17N3O.